The lowest BCUT2D eigenvalue weighted by atomic mass is 9.97. The van der Waals surface area contributed by atoms with Crippen LogP contribution in [0.3, 0.4) is 0 Å². The van der Waals surface area contributed by atoms with Crippen LogP contribution in [0.1, 0.15) is 45.5 Å². The third-order valence-corrected chi connectivity index (χ3v) is 6.93. The number of carbonyl (C=O) groups is 1. The number of amides is 1. The Hall–Kier alpha value is -2.47. The van der Waals surface area contributed by atoms with E-state index < -0.39 is 0 Å². The highest BCUT2D eigenvalue weighted by atomic mass is 32.1. The molecule has 0 spiro atoms. The van der Waals surface area contributed by atoms with Gasteiger partial charge in [-0.15, -0.1) is 11.3 Å². The van der Waals surface area contributed by atoms with E-state index in [9.17, 15) is 9.59 Å². The Morgan fingerprint density at radius 2 is 1.96 bits per heavy atom. The van der Waals surface area contributed by atoms with Crippen molar-refractivity contribution in [2.75, 3.05) is 13.1 Å². The monoisotopic (exact) mass is 395 g/mol. The van der Waals surface area contributed by atoms with E-state index in [4.69, 9.17) is 4.98 Å². The Labute approximate surface area is 168 Å². The second kappa shape index (κ2) is 7.51. The van der Waals surface area contributed by atoms with Crippen molar-refractivity contribution in [2.45, 2.75) is 46.0 Å². The summed E-state index contributed by atoms with van der Waals surface area (Å²) in [4.78, 5) is 35.4. The van der Waals surface area contributed by atoms with E-state index in [0.717, 1.165) is 48.1 Å². The summed E-state index contributed by atoms with van der Waals surface area (Å²) in [6.45, 7) is 7.57. The molecule has 1 fully saturated rings. The van der Waals surface area contributed by atoms with Crippen LogP contribution in [0.25, 0.3) is 10.9 Å². The third-order valence-electron chi connectivity index (χ3n) is 5.69. The second-order valence-corrected chi connectivity index (χ2v) is 8.96. The zero-order valence-electron chi connectivity index (χ0n) is 16.5. The first-order valence-electron chi connectivity index (χ1n) is 9.75. The third kappa shape index (κ3) is 3.74. The fourth-order valence-corrected chi connectivity index (χ4v) is 4.90. The van der Waals surface area contributed by atoms with Crippen molar-refractivity contribution in [3.63, 3.8) is 0 Å². The smallest absolute Gasteiger partial charge is 0.251 e. The van der Waals surface area contributed by atoms with Gasteiger partial charge in [-0.05, 0) is 62.8 Å². The normalized spacial score (nSPS) is 15.3. The first-order chi connectivity index (χ1) is 13.4. The number of fused-ring (bicyclic) bond motifs is 1. The van der Waals surface area contributed by atoms with Crippen LogP contribution in [0, 0.1) is 20.8 Å². The number of pyridine rings is 1. The topological polar surface area (TPSA) is 66.1 Å². The van der Waals surface area contributed by atoms with Crippen LogP contribution in [0.2, 0.25) is 0 Å². The Balaban J connectivity index is 1.41. The molecule has 0 radical (unpaired) electrons. The minimum Gasteiger partial charge on any atom is -0.342 e. The number of hydrogen-bond acceptors (Lipinski definition) is 4. The number of rotatable bonds is 3. The van der Waals surface area contributed by atoms with Crippen molar-refractivity contribution in [3.05, 3.63) is 61.3 Å². The molecular formula is C22H25N3O2S. The maximum Gasteiger partial charge on any atom is 0.251 e. The fourth-order valence-electron chi connectivity index (χ4n) is 3.81. The highest BCUT2D eigenvalue weighted by Crippen LogP contribution is 2.32. The highest BCUT2D eigenvalue weighted by Gasteiger charge is 2.26. The molecule has 28 heavy (non-hydrogen) atoms. The first kappa shape index (κ1) is 18.9. The molecule has 0 unspecified atom stereocenters. The van der Waals surface area contributed by atoms with Crippen LogP contribution < -0.4 is 5.56 Å². The van der Waals surface area contributed by atoms with Crippen LogP contribution in [0.5, 0.6) is 0 Å². The van der Waals surface area contributed by atoms with Gasteiger partial charge in [-0.1, -0.05) is 6.07 Å². The molecule has 1 amide bonds. The number of aromatic amines is 1. The minimum absolute atomic E-state index is 0.0650. The summed E-state index contributed by atoms with van der Waals surface area (Å²) >= 11 is 1.80. The van der Waals surface area contributed by atoms with Gasteiger partial charge in [-0.3, -0.25) is 9.59 Å². The predicted octanol–water partition coefficient (Wildman–Crippen LogP) is 3.86. The van der Waals surface area contributed by atoms with Gasteiger partial charge >= 0.3 is 0 Å². The molecule has 0 aliphatic carbocycles. The van der Waals surface area contributed by atoms with Gasteiger partial charge in [0, 0.05) is 35.0 Å². The molecule has 5 nitrogen and oxygen atoms in total. The number of hydrogen-bond donors (Lipinski definition) is 1. The van der Waals surface area contributed by atoms with E-state index in [1.807, 2.05) is 29.2 Å². The lowest BCUT2D eigenvalue weighted by molar-refractivity contribution is -0.131. The number of H-pyrrole nitrogens is 1. The molecule has 4 rings (SSSR count). The lowest BCUT2D eigenvalue weighted by Gasteiger charge is -2.31. The average Bonchev–Trinajstić information content (AvgIpc) is 3.02. The molecule has 3 aromatic rings. The second-order valence-electron chi connectivity index (χ2n) is 7.73. The Morgan fingerprint density at radius 1 is 1.21 bits per heavy atom. The highest BCUT2D eigenvalue weighted by molar-refractivity contribution is 7.11. The quantitative estimate of drug-likeness (QED) is 0.732. The first-order valence-corrected chi connectivity index (χ1v) is 10.6. The molecule has 1 aliphatic heterocycles. The number of thiazole rings is 1. The zero-order chi connectivity index (χ0) is 19.8. The molecule has 1 aliphatic rings. The number of aromatic nitrogens is 2. The van der Waals surface area contributed by atoms with Crippen molar-refractivity contribution in [3.8, 4) is 0 Å². The molecule has 1 saturated heterocycles. The minimum atomic E-state index is -0.0650. The standard InChI is InChI=1S/C22H25N3O2S/c1-13-10-18-11-16(4-5-19(18)24-21(13)27)12-20(26)25-8-6-17(7-9-25)22-23-14(2)15(3)28-22/h4-5,10-11,17H,6-9,12H2,1-3H3,(H,24,27). The molecule has 2 aromatic heterocycles. The summed E-state index contributed by atoms with van der Waals surface area (Å²) in [6, 6.07) is 7.70. The number of likely N-dealkylation sites (tertiary alicyclic amines) is 1. The van der Waals surface area contributed by atoms with Gasteiger partial charge in [0.1, 0.15) is 0 Å². The Morgan fingerprint density at radius 3 is 2.64 bits per heavy atom. The van der Waals surface area contributed by atoms with Gasteiger partial charge in [-0.25, -0.2) is 4.98 Å². The van der Waals surface area contributed by atoms with Crippen LogP contribution in [0.4, 0.5) is 0 Å². The molecule has 6 heteroatoms. The Bertz CT molecular complexity index is 1070. The molecule has 0 bridgehead atoms. The number of carbonyl (C=O) groups excluding carboxylic acids is 1. The van der Waals surface area contributed by atoms with E-state index in [0.29, 0.717) is 17.9 Å². The summed E-state index contributed by atoms with van der Waals surface area (Å²) in [5.41, 5.74) is 3.54. The summed E-state index contributed by atoms with van der Waals surface area (Å²) in [7, 11) is 0. The van der Waals surface area contributed by atoms with Crippen molar-refractivity contribution in [1.82, 2.24) is 14.9 Å². The van der Waals surface area contributed by atoms with Gasteiger partial charge in [0.15, 0.2) is 0 Å². The van der Waals surface area contributed by atoms with Gasteiger partial charge in [-0.2, -0.15) is 0 Å². The van der Waals surface area contributed by atoms with E-state index in [2.05, 4.69) is 18.8 Å². The number of aryl methyl sites for hydroxylation is 3. The lowest BCUT2D eigenvalue weighted by Crippen LogP contribution is -2.38. The number of nitrogens with zero attached hydrogens (tertiary/aromatic N) is 2. The maximum absolute atomic E-state index is 12.8. The number of nitrogens with one attached hydrogen (secondary N) is 1. The van der Waals surface area contributed by atoms with Crippen molar-refractivity contribution in [1.29, 1.82) is 0 Å². The number of piperidine rings is 1. The molecule has 0 saturated carbocycles. The van der Waals surface area contributed by atoms with Crippen LogP contribution >= 0.6 is 11.3 Å². The molecule has 1 aromatic carbocycles. The van der Waals surface area contributed by atoms with E-state index in [1.54, 1.807) is 18.3 Å². The molecule has 3 heterocycles. The van der Waals surface area contributed by atoms with E-state index in [1.165, 1.54) is 9.88 Å². The fraction of sp³-hybridized carbons (Fsp3) is 0.409. The van der Waals surface area contributed by atoms with Crippen molar-refractivity contribution < 1.29 is 4.79 Å². The summed E-state index contributed by atoms with van der Waals surface area (Å²) in [6.07, 6.45) is 2.36. The van der Waals surface area contributed by atoms with E-state index in [-0.39, 0.29) is 11.5 Å². The molecule has 1 N–H and O–H groups in total. The van der Waals surface area contributed by atoms with Crippen molar-refractivity contribution in [2.24, 2.45) is 0 Å². The van der Waals surface area contributed by atoms with Crippen LogP contribution in [0.15, 0.2) is 29.1 Å². The van der Waals surface area contributed by atoms with Crippen LogP contribution in [-0.4, -0.2) is 33.9 Å². The predicted molar refractivity (Wildman–Crippen MR) is 113 cm³/mol. The van der Waals surface area contributed by atoms with Crippen LogP contribution in [-0.2, 0) is 11.2 Å². The molecule has 0 atom stereocenters. The SMILES string of the molecule is Cc1nc(C2CCN(C(=O)Cc3ccc4[nH]c(=O)c(C)cc4c3)CC2)sc1C. The molecule has 146 valence electrons. The summed E-state index contributed by atoms with van der Waals surface area (Å²) in [5, 5.41) is 2.19. The maximum atomic E-state index is 12.8. The Kier molecular flexibility index (Phi) is 5.06. The zero-order valence-corrected chi connectivity index (χ0v) is 17.4. The molecular weight excluding hydrogens is 370 g/mol. The summed E-state index contributed by atoms with van der Waals surface area (Å²) in [5.74, 6) is 0.646. The van der Waals surface area contributed by atoms with Gasteiger partial charge in [0.25, 0.3) is 5.56 Å². The average molecular weight is 396 g/mol. The van der Waals surface area contributed by atoms with Crippen molar-refractivity contribution >= 4 is 28.1 Å². The number of benzene rings is 1. The summed E-state index contributed by atoms with van der Waals surface area (Å²) < 4.78 is 0. The largest absolute Gasteiger partial charge is 0.342 e. The van der Waals surface area contributed by atoms with Gasteiger partial charge in [0.2, 0.25) is 5.91 Å². The van der Waals surface area contributed by atoms with E-state index >= 15 is 0 Å². The van der Waals surface area contributed by atoms with Gasteiger partial charge < -0.3 is 9.88 Å². The van der Waals surface area contributed by atoms with Gasteiger partial charge in [0.05, 0.1) is 17.1 Å².